The van der Waals surface area contributed by atoms with Crippen molar-refractivity contribution in [3.05, 3.63) is 29.3 Å². The minimum Gasteiger partial charge on any atom is -0.485 e. The minimum absolute atomic E-state index is 0.204. The van der Waals surface area contributed by atoms with Crippen LogP contribution in [0.15, 0.2) is 18.2 Å². The molecule has 2 aliphatic heterocycles. The molecule has 16 heavy (non-hydrogen) atoms. The van der Waals surface area contributed by atoms with Crippen molar-refractivity contribution in [2.75, 3.05) is 11.5 Å². The Morgan fingerprint density at radius 3 is 3.06 bits per heavy atom. The van der Waals surface area contributed by atoms with Gasteiger partial charge in [-0.1, -0.05) is 11.6 Å². The number of rotatable bonds is 0. The molecular weight excluding hydrogens is 220 g/mol. The van der Waals surface area contributed by atoms with Gasteiger partial charge in [-0.15, -0.1) is 0 Å². The number of ketones is 1. The van der Waals surface area contributed by atoms with Crippen LogP contribution in [0.25, 0.3) is 0 Å². The number of Topliss-reactive ketones (excluding diaryl/α,β-unsaturated/α-hetero) is 1. The lowest BCUT2D eigenvalue weighted by Crippen LogP contribution is -2.42. The highest BCUT2D eigenvalue weighted by molar-refractivity contribution is 7.99. The maximum Gasteiger partial charge on any atom is 0.170 e. The van der Waals surface area contributed by atoms with Gasteiger partial charge in [-0.3, -0.25) is 4.79 Å². The number of hydrogen-bond acceptors (Lipinski definition) is 3. The van der Waals surface area contributed by atoms with Crippen LogP contribution in [0.1, 0.15) is 28.8 Å². The molecule has 3 heteroatoms. The van der Waals surface area contributed by atoms with Crippen molar-refractivity contribution in [2.45, 2.75) is 25.4 Å². The maximum atomic E-state index is 12.1. The van der Waals surface area contributed by atoms with Crippen molar-refractivity contribution >= 4 is 17.5 Å². The number of benzene rings is 1. The van der Waals surface area contributed by atoms with E-state index < -0.39 is 0 Å². The largest absolute Gasteiger partial charge is 0.485 e. The first-order valence-electron chi connectivity index (χ1n) is 5.59. The fourth-order valence-electron chi connectivity index (χ4n) is 2.42. The van der Waals surface area contributed by atoms with Gasteiger partial charge >= 0.3 is 0 Å². The van der Waals surface area contributed by atoms with Gasteiger partial charge in [0.1, 0.15) is 11.4 Å². The first-order chi connectivity index (χ1) is 7.69. The summed E-state index contributed by atoms with van der Waals surface area (Å²) in [5.74, 6) is 3.08. The van der Waals surface area contributed by atoms with E-state index in [0.29, 0.717) is 6.42 Å². The first kappa shape index (κ1) is 10.2. The zero-order chi connectivity index (χ0) is 11.2. The second-order valence-corrected chi connectivity index (χ2v) is 5.79. The molecule has 0 amide bonds. The molecule has 1 unspecified atom stereocenters. The van der Waals surface area contributed by atoms with E-state index in [2.05, 4.69) is 0 Å². The van der Waals surface area contributed by atoms with E-state index in [0.717, 1.165) is 34.8 Å². The third-order valence-corrected chi connectivity index (χ3v) is 4.53. The minimum atomic E-state index is -0.204. The fraction of sp³-hybridized carbons (Fsp3) is 0.462. The van der Waals surface area contributed by atoms with Crippen LogP contribution in [0.4, 0.5) is 0 Å². The Labute approximate surface area is 99.4 Å². The van der Waals surface area contributed by atoms with E-state index in [4.69, 9.17) is 4.74 Å². The standard InChI is InChI=1S/C13H14O2S/c1-9-2-3-12-10(6-9)11(14)7-13(15-12)4-5-16-8-13/h2-3,6H,4-5,7-8H2,1H3. The van der Waals surface area contributed by atoms with Crippen LogP contribution in [0.2, 0.25) is 0 Å². The predicted octanol–water partition coefficient (Wildman–Crippen LogP) is 2.84. The van der Waals surface area contributed by atoms with Crippen molar-refractivity contribution in [1.29, 1.82) is 0 Å². The van der Waals surface area contributed by atoms with Crippen LogP contribution in [-0.2, 0) is 0 Å². The molecule has 2 nitrogen and oxygen atoms in total. The van der Waals surface area contributed by atoms with Gasteiger partial charge in [0.25, 0.3) is 0 Å². The normalized spacial score (nSPS) is 27.9. The number of ether oxygens (including phenoxy) is 1. The molecule has 0 saturated carbocycles. The van der Waals surface area contributed by atoms with Gasteiger partial charge in [0.15, 0.2) is 5.78 Å². The molecule has 0 N–H and O–H groups in total. The monoisotopic (exact) mass is 234 g/mol. The quantitative estimate of drug-likeness (QED) is 0.690. The summed E-state index contributed by atoms with van der Waals surface area (Å²) in [4.78, 5) is 12.1. The molecule has 1 atom stereocenters. The number of hydrogen-bond donors (Lipinski definition) is 0. The summed E-state index contributed by atoms with van der Waals surface area (Å²) < 4.78 is 6.06. The molecule has 0 bridgehead atoms. The smallest absolute Gasteiger partial charge is 0.170 e. The Balaban J connectivity index is 2.02. The average Bonchev–Trinajstić information content (AvgIpc) is 2.68. The summed E-state index contributed by atoms with van der Waals surface area (Å²) in [5, 5.41) is 0. The van der Waals surface area contributed by atoms with E-state index in [1.54, 1.807) is 0 Å². The van der Waals surface area contributed by atoms with Crippen LogP contribution < -0.4 is 4.74 Å². The second-order valence-electron chi connectivity index (χ2n) is 4.69. The molecule has 1 fully saturated rings. The van der Waals surface area contributed by atoms with Crippen molar-refractivity contribution in [1.82, 2.24) is 0 Å². The Morgan fingerprint density at radius 2 is 2.31 bits per heavy atom. The highest BCUT2D eigenvalue weighted by Gasteiger charge is 2.43. The van der Waals surface area contributed by atoms with Gasteiger partial charge in [0, 0.05) is 5.75 Å². The van der Waals surface area contributed by atoms with E-state index in [-0.39, 0.29) is 11.4 Å². The zero-order valence-electron chi connectivity index (χ0n) is 9.29. The maximum absolute atomic E-state index is 12.1. The molecular formula is C13H14O2S. The van der Waals surface area contributed by atoms with Crippen molar-refractivity contribution in [2.24, 2.45) is 0 Å². The highest BCUT2D eigenvalue weighted by Crippen LogP contribution is 2.41. The molecule has 1 saturated heterocycles. The molecule has 1 aromatic rings. The summed E-state index contributed by atoms with van der Waals surface area (Å²) in [7, 11) is 0. The van der Waals surface area contributed by atoms with Crippen molar-refractivity contribution in [3.63, 3.8) is 0 Å². The SMILES string of the molecule is Cc1ccc2c(c1)C(=O)CC1(CCSC1)O2. The third kappa shape index (κ3) is 1.54. The average molecular weight is 234 g/mol. The molecule has 0 aromatic heterocycles. The summed E-state index contributed by atoms with van der Waals surface area (Å²) in [5.41, 5.74) is 1.68. The van der Waals surface area contributed by atoms with E-state index in [1.165, 1.54) is 0 Å². The van der Waals surface area contributed by atoms with E-state index >= 15 is 0 Å². The van der Waals surface area contributed by atoms with Gasteiger partial charge < -0.3 is 4.74 Å². The van der Waals surface area contributed by atoms with Crippen molar-refractivity contribution < 1.29 is 9.53 Å². The van der Waals surface area contributed by atoms with E-state index in [1.807, 2.05) is 36.9 Å². The number of thioether (sulfide) groups is 1. The van der Waals surface area contributed by atoms with Gasteiger partial charge in [-0.2, -0.15) is 11.8 Å². The Kier molecular flexibility index (Phi) is 2.25. The number of aryl methyl sites for hydroxylation is 1. The fourth-order valence-corrected chi connectivity index (χ4v) is 3.75. The lowest BCUT2D eigenvalue weighted by Gasteiger charge is -2.34. The van der Waals surface area contributed by atoms with Crippen LogP contribution in [0, 0.1) is 6.92 Å². The number of fused-ring (bicyclic) bond motifs is 1. The van der Waals surface area contributed by atoms with Crippen LogP contribution in [0.3, 0.4) is 0 Å². The second kappa shape index (κ2) is 3.52. The van der Waals surface area contributed by atoms with Gasteiger partial charge in [-0.25, -0.2) is 0 Å². The molecule has 2 aliphatic rings. The Morgan fingerprint density at radius 1 is 1.44 bits per heavy atom. The topological polar surface area (TPSA) is 26.3 Å². The summed E-state index contributed by atoms with van der Waals surface area (Å²) in [6.07, 6.45) is 1.55. The summed E-state index contributed by atoms with van der Waals surface area (Å²) in [6, 6.07) is 5.88. The molecule has 0 radical (unpaired) electrons. The lowest BCUT2D eigenvalue weighted by atomic mass is 9.89. The van der Waals surface area contributed by atoms with Gasteiger partial charge in [0.05, 0.1) is 12.0 Å². The predicted molar refractivity (Wildman–Crippen MR) is 65.4 cm³/mol. The molecule has 3 rings (SSSR count). The lowest BCUT2D eigenvalue weighted by molar-refractivity contribution is 0.0563. The number of carbonyl (C=O) groups excluding carboxylic acids is 1. The zero-order valence-corrected chi connectivity index (χ0v) is 10.1. The van der Waals surface area contributed by atoms with Crippen LogP contribution in [-0.4, -0.2) is 22.9 Å². The number of carbonyl (C=O) groups is 1. The van der Waals surface area contributed by atoms with Crippen LogP contribution >= 0.6 is 11.8 Å². The molecule has 2 heterocycles. The van der Waals surface area contributed by atoms with Gasteiger partial charge in [0.2, 0.25) is 0 Å². The van der Waals surface area contributed by atoms with E-state index in [9.17, 15) is 4.79 Å². The Hall–Kier alpha value is -0.960. The molecule has 1 spiro atoms. The Bertz CT molecular complexity index is 447. The molecule has 0 aliphatic carbocycles. The third-order valence-electron chi connectivity index (χ3n) is 3.31. The van der Waals surface area contributed by atoms with Crippen molar-refractivity contribution in [3.8, 4) is 5.75 Å². The first-order valence-corrected chi connectivity index (χ1v) is 6.75. The van der Waals surface area contributed by atoms with Crippen LogP contribution in [0.5, 0.6) is 5.75 Å². The highest BCUT2D eigenvalue weighted by atomic mass is 32.2. The summed E-state index contributed by atoms with van der Waals surface area (Å²) >= 11 is 1.88. The molecule has 84 valence electrons. The molecule has 1 aromatic carbocycles. The summed E-state index contributed by atoms with van der Waals surface area (Å²) in [6.45, 7) is 2.00. The van der Waals surface area contributed by atoms with Gasteiger partial charge in [-0.05, 0) is 31.2 Å².